The first-order valence-electron chi connectivity index (χ1n) is 5.34. The third kappa shape index (κ3) is 3.42. The van der Waals surface area contributed by atoms with Crippen molar-refractivity contribution < 1.29 is 4.79 Å². The molecule has 16 heavy (non-hydrogen) atoms. The maximum Gasteiger partial charge on any atom is 0.241 e. The molecule has 1 rings (SSSR count). The number of anilines is 2. The fraction of sp³-hybridized carbons (Fsp3) is 0.455. The van der Waals surface area contributed by atoms with Crippen molar-refractivity contribution in [2.24, 2.45) is 0 Å². The molecular formula is C11H18N4O. The van der Waals surface area contributed by atoms with Gasteiger partial charge in [-0.05, 0) is 19.9 Å². The van der Waals surface area contributed by atoms with Gasteiger partial charge in [-0.15, -0.1) is 0 Å². The zero-order valence-electron chi connectivity index (χ0n) is 9.87. The quantitative estimate of drug-likeness (QED) is 0.697. The van der Waals surface area contributed by atoms with Crippen molar-refractivity contribution in [2.75, 3.05) is 24.2 Å². The van der Waals surface area contributed by atoms with Gasteiger partial charge in [0.05, 0.1) is 23.8 Å². The lowest BCUT2D eigenvalue weighted by atomic mass is 10.3. The molecular weight excluding hydrogens is 204 g/mol. The van der Waals surface area contributed by atoms with Crippen molar-refractivity contribution in [2.45, 2.75) is 19.9 Å². The van der Waals surface area contributed by atoms with Crippen LogP contribution < -0.4 is 16.0 Å². The van der Waals surface area contributed by atoms with Gasteiger partial charge in [-0.25, -0.2) is 0 Å². The Kier molecular flexibility index (Phi) is 4.57. The Hall–Kier alpha value is -1.78. The largest absolute Gasteiger partial charge is 0.384 e. The molecule has 0 aromatic carbocycles. The summed E-state index contributed by atoms with van der Waals surface area (Å²) < 4.78 is 0. The summed E-state index contributed by atoms with van der Waals surface area (Å²) in [5.74, 6) is -0.0474. The summed E-state index contributed by atoms with van der Waals surface area (Å²) >= 11 is 0. The number of nitrogens with zero attached hydrogens (tertiary/aromatic N) is 1. The molecule has 3 N–H and O–H groups in total. The Labute approximate surface area is 95.7 Å². The van der Waals surface area contributed by atoms with Crippen molar-refractivity contribution in [3.8, 4) is 0 Å². The highest BCUT2D eigenvalue weighted by molar-refractivity contribution is 5.83. The molecule has 0 spiro atoms. The average molecular weight is 222 g/mol. The number of amides is 1. The van der Waals surface area contributed by atoms with Crippen molar-refractivity contribution in [3.63, 3.8) is 0 Å². The molecule has 0 aliphatic heterocycles. The van der Waals surface area contributed by atoms with Gasteiger partial charge in [0.15, 0.2) is 0 Å². The Bertz CT molecular complexity index is 354. The van der Waals surface area contributed by atoms with Crippen molar-refractivity contribution in [3.05, 3.63) is 18.5 Å². The fourth-order valence-electron chi connectivity index (χ4n) is 1.35. The van der Waals surface area contributed by atoms with Crippen molar-refractivity contribution in [1.29, 1.82) is 0 Å². The van der Waals surface area contributed by atoms with Gasteiger partial charge in [0, 0.05) is 13.6 Å². The van der Waals surface area contributed by atoms with E-state index in [1.807, 2.05) is 13.0 Å². The zero-order chi connectivity index (χ0) is 12.0. The number of likely N-dealkylation sites (N-methyl/N-ethyl adjacent to an activating group) is 1. The van der Waals surface area contributed by atoms with Crippen LogP contribution in [0.2, 0.25) is 0 Å². The molecule has 0 fully saturated rings. The van der Waals surface area contributed by atoms with E-state index in [-0.39, 0.29) is 11.9 Å². The first-order chi connectivity index (χ1) is 7.67. The Morgan fingerprint density at radius 2 is 2.12 bits per heavy atom. The maximum atomic E-state index is 11.3. The van der Waals surface area contributed by atoms with Gasteiger partial charge in [0.25, 0.3) is 0 Å². The summed E-state index contributed by atoms with van der Waals surface area (Å²) in [5.41, 5.74) is 1.77. The highest BCUT2D eigenvalue weighted by Gasteiger charge is 2.10. The van der Waals surface area contributed by atoms with E-state index in [1.54, 1.807) is 26.4 Å². The molecule has 88 valence electrons. The minimum absolute atomic E-state index is 0.0474. The molecule has 1 heterocycles. The van der Waals surface area contributed by atoms with E-state index in [2.05, 4.69) is 20.9 Å². The number of hydrogen-bond donors (Lipinski definition) is 3. The van der Waals surface area contributed by atoms with Crippen molar-refractivity contribution >= 4 is 17.3 Å². The number of aromatic nitrogens is 1. The molecule has 1 atom stereocenters. The van der Waals surface area contributed by atoms with Gasteiger partial charge in [-0.3, -0.25) is 9.78 Å². The number of rotatable bonds is 5. The summed E-state index contributed by atoms with van der Waals surface area (Å²) in [6, 6.07) is 1.65. The molecule has 1 unspecified atom stereocenters. The van der Waals surface area contributed by atoms with Crippen LogP contribution in [0.15, 0.2) is 18.5 Å². The highest BCUT2D eigenvalue weighted by Crippen LogP contribution is 2.13. The summed E-state index contributed by atoms with van der Waals surface area (Å²) in [6.07, 6.45) is 3.44. The lowest BCUT2D eigenvalue weighted by Crippen LogP contribution is -2.35. The van der Waals surface area contributed by atoms with Gasteiger partial charge in [0.1, 0.15) is 6.04 Å². The number of hydrogen-bond acceptors (Lipinski definition) is 4. The minimum atomic E-state index is -0.274. The lowest BCUT2D eigenvalue weighted by Gasteiger charge is -2.14. The number of nitrogens with one attached hydrogen (secondary N) is 3. The van der Waals surface area contributed by atoms with Gasteiger partial charge < -0.3 is 16.0 Å². The summed E-state index contributed by atoms with van der Waals surface area (Å²) in [6.45, 7) is 4.67. The van der Waals surface area contributed by atoms with Crippen LogP contribution in [0.25, 0.3) is 0 Å². The zero-order valence-corrected chi connectivity index (χ0v) is 9.87. The molecule has 0 aliphatic rings. The number of carbonyl (C=O) groups is 1. The topological polar surface area (TPSA) is 66.0 Å². The monoisotopic (exact) mass is 222 g/mol. The predicted octanol–water partition coefficient (Wildman–Crippen LogP) is 1.06. The Balaban J connectivity index is 2.66. The third-order valence-electron chi connectivity index (χ3n) is 2.14. The molecule has 0 saturated heterocycles. The van der Waals surface area contributed by atoms with Gasteiger partial charge in [0.2, 0.25) is 5.91 Å². The van der Waals surface area contributed by atoms with Crippen LogP contribution in [-0.4, -0.2) is 30.5 Å². The predicted molar refractivity (Wildman–Crippen MR) is 65.6 cm³/mol. The minimum Gasteiger partial charge on any atom is -0.384 e. The van der Waals surface area contributed by atoms with E-state index >= 15 is 0 Å². The molecule has 5 heteroatoms. The molecule has 1 amide bonds. The standard InChI is InChI=1S/C11H18N4O/c1-4-14-9-5-10(7-13-6-9)15-8(2)11(16)12-3/h5-8,14-15H,4H2,1-3H3,(H,12,16). The summed E-state index contributed by atoms with van der Waals surface area (Å²) in [4.78, 5) is 15.4. The molecule has 0 bridgehead atoms. The van der Waals surface area contributed by atoms with Crippen LogP contribution in [0.5, 0.6) is 0 Å². The van der Waals surface area contributed by atoms with E-state index in [0.29, 0.717) is 0 Å². The molecule has 5 nitrogen and oxygen atoms in total. The smallest absolute Gasteiger partial charge is 0.241 e. The van der Waals surface area contributed by atoms with Gasteiger partial charge in [-0.2, -0.15) is 0 Å². The second-order valence-electron chi connectivity index (χ2n) is 3.47. The molecule has 0 saturated carbocycles. The Morgan fingerprint density at radius 3 is 2.75 bits per heavy atom. The van der Waals surface area contributed by atoms with Gasteiger partial charge in [-0.1, -0.05) is 0 Å². The van der Waals surface area contributed by atoms with Crippen LogP contribution >= 0.6 is 0 Å². The lowest BCUT2D eigenvalue weighted by molar-refractivity contribution is -0.121. The van der Waals surface area contributed by atoms with Crippen LogP contribution in [0.4, 0.5) is 11.4 Å². The molecule has 1 aromatic rings. The van der Waals surface area contributed by atoms with E-state index in [0.717, 1.165) is 17.9 Å². The second-order valence-corrected chi connectivity index (χ2v) is 3.47. The van der Waals surface area contributed by atoms with Crippen LogP contribution in [0.1, 0.15) is 13.8 Å². The van der Waals surface area contributed by atoms with E-state index in [9.17, 15) is 4.79 Å². The second kappa shape index (κ2) is 5.95. The first kappa shape index (κ1) is 12.3. The van der Waals surface area contributed by atoms with E-state index in [4.69, 9.17) is 0 Å². The Morgan fingerprint density at radius 1 is 1.44 bits per heavy atom. The third-order valence-corrected chi connectivity index (χ3v) is 2.14. The average Bonchev–Trinajstić information content (AvgIpc) is 2.29. The van der Waals surface area contributed by atoms with Crippen LogP contribution in [0.3, 0.4) is 0 Å². The molecule has 1 aromatic heterocycles. The highest BCUT2D eigenvalue weighted by atomic mass is 16.2. The van der Waals surface area contributed by atoms with Crippen LogP contribution in [-0.2, 0) is 4.79 Å². The van der Waals surface area contributed by atoms with E-state index < -0.39 is 0 Å². The first-order valence-corrected chi connectivity index (χ1v) is 5.34. The molecule has 0 radical (unpaired) electrons. The maximum absolute atomic E-state index is 11.3. The van der Waals surface area contributed by atoms with Gasteiger partial charge >= 0.3 is 0 Å². The number of carbonyl (C=O) groups excluding carboxylic acids is 1. The normalized spacial score (nSPS) is 11.7. The fourth-order valence-corrected chi connectivity index (χ4v) is 1.35. The van der Waals surface area contributed by atoms with Crippen LogP contribution in [0, 0.1) is 0 Å². The summed E-state index contributed by atoms with van der Waals surface area (Å²) in [5, 5.41) is 8.83. The molecule has 0 aliphatic carbocycles. The SMILES string of the molecule is CCNc1cncc(NC(C)C(=O)NC)c1. The summed E-state index contributed by atoms with van der Waals surface area (Å²) in [7, 11) is 1.62. The van der Waals surface area contributed by atoms with Crippen molar-refractivity contribution in [1.82, 2.24) is 10.3 Å². The number of pyridine rings is 1. The van der Waals surface area contributed by atoms with E-state index in [1.165, 1.54) is 0 Å².